The van der Waals surface area contributed by atoms with Crippen LogP contribution < -0.4 is 19.7 Å². The quantitative estimate of drug-likeness (QED) is 0.168. The zero-order chi connectivity index (χ0) is 33.2. The number of carbonyl (C=O) groups excluding carboxylic acids is 1. The first-order chi connectivity index (χ1) is 21.9. The lowest BCUT2D eigenvalue weighted by atomic mass is 9.95. The van der Waals surface area contributed by atoms with Crippen LogP contribution >= 0.6 is 11.3 Å². The molecule has 46 heavy (non-hydrogen) atoms. The highest BCUT2D eigenvalue weighted by Crippen LogP contribution is 2.37. The van der Waals surface area contributed by atoms with Crippen LogP contribution in [0.1, 0.15) is 36.8 Å². The molecule has 0 aliphatic rings. The summed E-state index contributed by atoms with van der Waals surface area (Å²) in [4.78, 5) is 43.4. The molecule has 240 valence electrons. The maximum atomic E-state index is 15.2. The summed E-state index contributed by atoms with van der Waals surface area (Å²) in [6, 6.07) is 8.81. The van der Waals surface area contributed by atoms with E-state index in [1.54, 1.807) is 26.8 Å². The molecule has 14 heteroatoms. The second-order valence-corrected chi connectivity index (χ2v) is 12.6. The molecule has 0 bridgehead atoms. The molecule has 1 unspecified atom stereocenters. The Hall–Kier alpha value is -4.95. The van der Waals surface area contributed by atoms with E-state index < -0.39 is 29.3 Å². The van der Waals surface area contributed by atoms with E-state index in [1.807, 2.05) is 19.1 Å². The van der Waals surface area contributed by atoms with Gasteiger partial charge in [-0.25, -0.2) is 29.1 Å². The molecule has 0 aliphatic heterocycles. The molecule has 0 radical (unpaired) electrons. The third-order valence-electron chi connectivity index (χ3n) is 7.19. The lowest BCUT2D eigenvalue weighted by molar-refractivity contribution is 0.0906. The zero-order valence-corrected chi connectivity index (χ0v) is 26.7. The third-order valence-corrected chi connectivity index (χ3v) is 8.24. The number of hydrogen-bond acceptors (Lipinski definition) is 10. The second-order valence-electron chi connectivity index (χ2n) is 11.6. The van der Waals surface area contributed by atoms with Crippen LogP contribution in [0.15, 0.2) is 48.8 Å². The number of rotatable bonds is 11. The van der Waals surface area contributed by atoms with E-state index in [-0.39, 0.29) is 36.9 Å². The normalized spacial score (nSPS) is 12.2. The highest BCUT2D eigenvalue weighted by Gasteiger charge is 2.24. The predicted molar refractivity (Wildman–Crippen MR) is 172 cm³/mol. The van der Waals surface area contributed by atoms with Crippen LogP contribution in [0, 0.1) is 18.2 Å². The van der Waals surface area contributed by atoms with Crippen LogP contribution in [0.3, 0.4) is 0 Å². The summed E-state index contributed by atoms with van der Waals surface area (Å²) < 4.78 is 26.8. The third kappa shape index (κ3) is 6.97. The first-order valence-corrected chi connectivity index (χ1v) is 15.1. The molecule has 5 aromatic rings. The SMILES string of the molecule is COc1cnc2c(-c3nc4cc(F)c(OCC(C)N(C(=O)O)c5ccc(C(=O)NCC(C)(C)CO)nc5)cc4s3)cc(C)cc2n1. The van der Waals surface area contributed by atoms with Gasteiger partial charge in [-0.3, -0.25) is 9.69 Å². The van der Waals surface area contributed by atoms with Gasteiger partial charge in [-0.15, -0.1) is 11.3 Å². The number of aliphatic hydroxyl groups excluding tert-OH is 1. The number of methoxy groups -OCH3 is 1. The van der Waals surface area contributed by atoms with Gasteiger partial charge in [0.05, 0.1) is 52.5 Å². The molecule has 3 aromatic heterocycles. The Bertz CT molecular complexity index is 1920. The van der Waals surface area contributed by atoms with Crippen molar-refractivity contribution in [2.24, 2.45) is 5.41 Å². The summed E-state index contributed by atoms with van der Waals surface area (Å²) in [6.45, 7) is 7.12. The lowest BCUT2D eigenvalue weighted by Crippen LogP contribution is -2.41. The van der Waals surface area contributed by atoms with Crippen molar-refractivity contribution in [3.8, 4) is 22.2 Å². The van der Waals surface area contributed by atoms with E-state index in [4.69, 9.17) is 9.47 Å². The number of benzene rings is 2. The molecule has 5 rings (SSSR count). The summed E-state index contributed by atoms with van der Waals surface area (Å²) >= 11 is 1.34. The fourth-order valence-corrected chi connectivity index (χ4v) is 5.63. The van der Waals surface area contributed by atoms with Crippen molar-refractivity contribution in [2.45, 2.75) is 33.7 Å². The van der Waals surface area contributed by atoms with Crippen LogP contribution in [0.4, 0.5) is 14.9 Å². The summed E-state index contributed by atoms with van der Waals surface area (Å²) in [5.74, 6) is -0.747. The van der Waals surface area contributed by atoms with E-state index in [2.05, 4.69) is 25.3 Å². The number of anilines is 1. The first kappa shape index (κ1) is 32.4. The number of fused-ring (bicyclic) bond motifs is 2. The number of ether oxygens (including phenoxy) is 2. The number of carbonyl (C=O) groups is 2. The van der Waals surface area contributed by atoms with E-state index in [9.17, 15) is 19.8 Å². The number of pyridine rings is 1. The predicted octanol–water partition coefficient (Wildman–Crippen LogP) is 5.46. The number of halogens is 1. The summed E-state index contributed by atoms with van der Waals surface area (Å²) in [7, 11) is 1.52. The molecule has 12 nitrogen and oxygen atoms in total. The molecule has 2 amide bonds. The van der Waals surface area contributed by atoms with Crippen molar-refractivity contribution in [1.82, 2.24) is 25.3 Å². The van der Waals surface area contributed by atoms with Crippen molar-refractivity contribution in [3.63, 3.8) is 0 Å². The van der Waals surface area contributed by atoms with Crippen molar-refractivity contribution < 1.29 is 33.7 Å². The van der Waals surface area contributed by atoms with Gasteiger partial charge in [-0.05, 0) is 43.7 Å². The summed E-state index contributed by atoms with van der Waals surface area (Å²) in [5, 5.41) is 22.7. The van der Waals surface area contributed by atoms with E-state index in [1.165, 1.54) is 49.0 Å². The molecular formula is C32H33FN6O6S. The minimum Gasteiger partial charge on any atom is -0.488 e. The Balaban J connectivity index is 1.32. The number of aliphatic hydroxyl groups is 1. The first-order valence-electron chi connectivity index (χ1n) is 14.3. The summed E-state index contributed by atoms with van der Waals surface area (Å²) in [5.41, 5.74) is 3.24. The maximum Gasteiger partial charge on any atom is 0.412 e. The van der Waals surface area contributed by atoms with Crippen LogP contribution in [0.25, 0.3) is 31.8 Å². The molecule has 3 N–H and O–H groups in total. The monoisotopic (exact) mass is 648 g/mol. The van der Waals surface area contributed by atoms with Gasteiger partial charge in [-0.1, -0.05) is 13.8 Å². The van der Waals surface area contributed by atoms with Gasteiger partial charge in [0.25, 0.3) is 5.91 Å². The number of carboxylic acid groups (broad SMARTS) is 1. The number of aromatic nitrogens is 4. The average molecular weight is 649 g/mol. The van der Waals surface area contributed by atoms with Crippen LogP contribution in [-0.2, 0) is 0 Å². The molecule has 2 aromatic carbocycles. The maximum absolute atomic E-state index is 15.2. The van der Waals surface area contributed by atoms with Crippen LogP contribution in [0.2, 0.25) is 0 Å². The number of amides is 2. The van der Waals surface area contributed by atoms with Gasteiger partial charge < -0.3 is 25.0 Å². The smallest absolute Gasteiger partial charge is 0.412 e. The van der Waals surface area contributed by atoms with Gasteiger partial charge in [0, 0.05) is 36.3 Å². The van der Waals surface area contributed by atoms with Crippen molar-refractivity contribution in [3.05, 3.63) is 65.9 Å². The minimum absolute atomic E-state index is 0.0468. The molecule has 0 aliphatic carbocycles. The topological polar surface area (TPSA) is 160 Å². The highest BCUT2D eigenvalue weighted by molar-refractivity contribution is 7.21. The van der Waals surface area contributed by atoms with E-state index in [0.717, 1.165) is 16.0 Å². The Kier molecular flexibility index (Phi) is 9.30. The second kappa shape index (κ2) is 13.2. The largest absolute Gasteiger partial charge is 0.488 e. The Morgan fingerprint density at radius 2 is 1.89 bits per heavy atom. The number of nitrogens with zero attached hydrogens (tertiary/aromatic N) is 5. The highest BCUT2D eigenvalue weighted by atomic mass is 32.1. The lowest BCUT2D eigenvalue weighted by Gasteiger charge is -2.26. The molecule has 0 fully saturated rings. The standard InChI is InChI=1S/C32H33FN6O6S/c1-17-8-20(28-24(9-17)37-27(44-5)13-35-28)30-38-23-10-21(33)25(11-26(23)46-30)45-14-18(2)39(31(42)43)19-6-7-22(34-12-19)29(41)36-15-32(3,4)16-40/h6-13,18,40H,14-16H2,1-5H3,(H,36,41)(H,42,43). The molecular weight excluding hydrogens is 615 g/mol. The summed E-state index contributed by atoms with van der Waals surface area (Å²) in [6.07, 6.45) is 1.54. The van der Waals surface area contributed by atoms with Crippen molar-refractivity contribution >= 4 is 50.3 Å². The van der Waals surface area contributed by atoms with Crippen LogP contribution in [0.5, 0.6) is 11.6 Å². The zero-order valence-electron chi connectivity index (χ0n) is 25.9. The molecule has 0 saturated heterocycles. The van der Waals surface area contributed by atoms with E-state index >= 15 is 4.39 Å². The van der Waals surface area contributed by atoms with Gasteiger partial charge >= 0.3 is 6.09 Å². The van der Waals surface area contributed by atoms with Crippen molar-refractivity contribution in [1.29, 1.82) is 0 Å². The number of nitrogens with one attached hydrogen (secondary N) is 1. The van der Waals surface area contributed by atoms with Gasteiger partial charge in [-0.2, -0.15) is 0 Å². The Morgan fingerprint density at radius 1 is 1.11 bits per heavy atom. The molecule has 3 heterocycles. The number of hydrogen-bond donors (Lipinski definition) is 3. The number of thiazole rings is 1. The number of aryl methyl sites for hydroxylation is 1. The van der Waals surface area contributed by atoms with Crippen molar-refractivity contribution in [2.75, 3.05) is 31.8 Å². The average Bonchev–Trinajstić information content (AvgIpc) is 3.44. The fourth-order valence-electron chi connectivity index (χ4n) is 4.63. The van der Waals surface area contributed by atoms with Crippen LogP contribution in [-0.4, -0.2) is 75.1 Å². The molecule has 1 atom stereocenters. The molecule has 0 spiro atoms. The minimum atomic E-state index is -1.27. The Morgan fingerprint density at radius 3 is 2.57 bits per heavy atom. The Labute approximate surface area is 267 Å². The fraction of sp³-hybridized carbons (Fsp3) is 0.312. The van der Waals surface area contributed by atoms with E-state index in [0.29, 0.717) is 32.1 Å². The van der Waals surface area contributed by atoms with Gasteiger partial charge in [0.2, 0.25) is 5.88 Å². The van der Waals surface area contributed by atoms with Gasteiger partial charge in [0.15, 0.2) is 11.6 Å². The van der Waals surface area contributed by atoms with Gasteiger partial charge in [0.1, 0.15) is 17.3 Å². The molecule has 0 saturated carbocycles.